The molecule has 1 aliphatic rings. The van der Waals surface area contributed by atoms with Crippen LogP contribution in [-0.4, -0.2) is 36.2 Å². The van der Waals surface area contributed by atoms with Gasteiger partial charge in [0.1, 0.15) is 0 Å². The molecule has 0 saturated carbocycles. The van der Waals surface area contributed by atoms with Crippen molar-refractivity contribution in [1.29, 1.82) is 0 Å². The van der Waals surface area contributed by atoms with Gasteiger partial charge in [0.15, 0.2) is 0 Å². The van der Waals surface area contributed by atoms with Gasteiger partial charge in [-0.15, -0.1) is 0 Å². The zero-order chi connectivity index (χ0) is 12.2. The van der Waals surface area contributed by atoms with Gasteiger partial charge in [0.05, 0.1) is 6.10 Å². The van der Waals surface area contributed by atoms with Crippen molar-refractivity contribution >= 4 is 5.91 Å². The molecule has 3 N–H and O–H groups in total. The van der Waals surface area contributed by atoms with Gasteiger partial charge in [-0.1, -0.05) is 20.8 Å². The Balaban J connectivity index is 2.09. The van der Waals surface area contributed by atoms with Gasteiger partial charge in [-0.05, 0) is 18.3 Å². The summed E-state index contributed by atoms with van der Waals surface area (Å²) in [5.41, 5.74) is 0.155. The number of nitrogens with one attached hydrogen (secondary N) is 2. The number of carbonyl (C=O) groups excluding carboxylic acids is 1. The number of carbonyl (C=O) groups is 1. The zero-order valence-electron chi connectivity index (χ0n) is 10.5. The summed E-state index contributed by atoms with van der Waals surface area (Å²) >= 11 is 0. The second kappa shape index (κ2) is 5.64. The summed E-state index contributed by atoms with van der Waals surface area (Å²) in [6, 6.07) is 0.245. The van der Waals surface area contributed by atoms with E-state index < -0.39 is 0 Å². The predicted molar refractivity (Wildman–Crippen MR) is 64.1 cm³/mol. The van der Waals surface area contributed by atoms with E-state index in [4.69, 9.17) is 0 Å². The molecule has 1 amide bonds. The largest absolute Gasteiger partial charge is 0.392 e. The lowest BCUT2D eigenvalue weighted by atomic mass is 9.89. The highest BCUT2D eigenvalue weighted by molar-refractivity contribution is 5.78. The van der Waals surface area contributed by atoms with Crippen LogP contribution in [-0.2, 0) is 4.79 Å². The molecule has 0 spiro atoms. The van der Waals surface area contributed by atoms with Gasteiger partial charge in [0.2, 0.25) is 5.91 Å². The van der Waals surface area contributed by atoms with Gasteiger partial charge in [-0.3, -0.25) is 4.79 Å². The quantitative estimate of drug-likeness (QED) is 0.647. The number of aliphatic hydroxyl groups is 1. The summed E-state index contributed by atoms with van der Waals surface area (Å²) < 4.78 is 0. The molecule has 0 aromatic rings. The third-order valence-electron chi connectivity index (χ3n) is 2.70. The fourth-order valence-corrected chi connectivity index (χ4v) is 2.03. The Kier molecular flexibility index (Phi) is 4.74. The Morgan fingerprint density at radius 3 is 2.75 bits per heavy atom. The van der Waals surface area contributed by atoms with Crippen molar-refractivity contribution in [2.24, 2.45) is 5.41 Å². The first-order valence-corrected chi connectivity index (χ1v) is 6.05. The molecule has 1 heterocycles. The summed E-state index contributed by atoms with van der Waals surface area (Å²) in [7, 11) is 0. The molecule has 0 radical (unpaired) electrons. The van der Waals surface area contributed by atoms with E-state index in [2.05, 4.69) is 31.4 Å². The van der Waals surface area contributed by atoms with Crippen molar-refractivity contribution in [3.05, 3.63) is 0 Å². The number of hydrogen-bond acceptors (Lipinski definition) is 3. The molecule has 0 aliphatic carbocycles. The van der Waals surface area contributed by atoms with E-state index in [1.54, 1.807) is 0 Å². The predicted octanol–water partition coefficient (Wildman–Crippen LogP) is 0.652. The van der Waals surface area contributed by atoms with Crippen LogP contribution in [0, 0.1) is 5.41 Å². The molecule has 4 heteroatoms. The normalized spacial score (nSPS) is 23.2. The Morgan fingerprint density at radius 1 is 1.56 bits per heavy atom. The van der Waals surface area contributed by atoms with E-state index in [1.165, 1.54) is 0 Å². The van der Waals surface area contributed by atoms with Crippen LogP contribution in [0.15, 0.2) is 0 Å². The molecule has 16 heavy (non-hydrogen) atoms. The first-order valence-electron chi connectivity index (χ1n) is 6.05. The molecular weight excluding hydrogens is 204 g/mol. The molecule has 4 nitrogen and oxygen atoms in total. The smallest absolute Gasteiger partial charge is 0.220 e. The maximum Gasteiger partial charge on any atom is 0.220 e. The molecule has 2 unspecified atom stereocenters. The van der Waals surface area contributed by atoms with Crippen LogP contribution >= 0.6 is 0 Å². The summed E-state index contributed by atoms with van der Waals surface area (Å²) in [4.78, 5) is 10.9. The summed E-state index contributed by atoms with van der Waals surface area (Å²) in [6.45, 7) is 7.71. The molecule has 2 atom stereocenters. The zero-order valence-corrected chi connectivity index (χ0v) is 10.5. The molecule has 94 valence electrons. The molecule has 1 fully saturated rings. The number of hydrogen-bond donors (Lipinski definition) is 3. The van der Waals surface area contributed by atoms with Crippen LogP contribution in [0.2, 0.25) is 0 Å². The highest BCUT2D eigenvalue weighted by Crippen LogP contribution is 2.20. The third kappa shape index (κ3) is 5.47. The second-order valence-corrected chi connectivity index (χ2v) is 5.88. The summed E-state index contributed by atoms with van der Waals surface area (Å²) in [5.74, 6) is 0.141. The van der Waals surface area contributed by atoms with E-state index in [-0.39, 0.29) is 23.5 Å². The molecular formula is C12H24N2O2. The Morgan fingerprint density at radius 2 is 2.25 bits per heavy atom. The van der Waals surface area contributed by atoms with Crippen molar-refractivity contribution < 1.29 is 9.90 Å². The van der Waals surface area contributed by atoms with Crippen LogP contribution in [0.25, 0.3) is 0 Å². The van der Waals surface area contributed by atoms with Crippen LogP contribution < -0.4 is 10.6 Å². The number of amides is 1. The second-order valence-electron chi connectivity index (χ2n) is 5.88. The Hall–Kier alpha value is -0.610. The highest BCUT2D eigenvalue weighted by atomic mass is 16.3. The Labute approximate surface area is 97.8 Å². The van der Waals surface area contributed by atoms with E-state index in [1.807, 2.05) is 0 Å². The van der Waals surface area contributed by atoms with Crippen molar-refractivity contribution in [3.8, 4) is 0 Å². The minimum Gasteiger partial charge on any atom is -0.392 e. The van der Waals surface area contributed by atoms with E-state index in [0.717, 1.165) is 19.4 Å². The molecule has 1 saturated heterocycles. The minimum atomic E-state index is -0.308. The van der Waals surface area contributed by atoms with Gasteiger partial charge >= 0.3 is 0 Å². The van der Waals surface area contributed by atoms with Crippen molar-refractivity contribution in [3.63, 3.8) is 0 Å². The van der Waals surface area contributed by atoms with Crippen molar-refractivity contribution in [2.45, 2.75) is 52.2 Å². The highest BCUT2D eigenvalue weighted by Gasteiger charge is 2.21. The van der Waals surface area contributed by atoms with Crippen molar-refractivity contribution in [1.82, 2.24) is 10.6 Å². The van der Waals surface area contributed by atoms with Crippen molar-refractivity contribution in [2.75, 3.05) is 13.1 Å². The fraction of sp³-hybridized carbons (Fsp3) is 0.917. The van der Waals surface area contributed by atoms with Crippen LogP contribution in [0.3, 0.4) is 0 Å². The van der Waals surface area contributed by atoms with Gasteiger partial charge in [-0.25, -0.2) is 0 Å². The molecule has 0 aromatic heterocycles. The SMILES string of the molecule is CC(C)(C)CC(O)CNCC1CCC(=O)N1. The van der Waals surface area contributed by atoms with E-state index in [0.29, 0.717) is 13.0 Å². The summed E-state index contributed by atoms with van der Waals surface area (Å²) in [5, 5.41) is 15.9. The first kappa shape index (κ1) is 13.5. The number of aliphatic hydroxyl groups excluding tert-OH is 1. The lowest BCUT2D eigenvalue weighted by Crippen LogP contribution is -2.39. The molecule has 0 aromatic carbocycles. The minimum absolute atomic E-state index is 0.141. The van der Waals surface area contributed by atoms with Gasteiger partial charge in [0.25, 0.3) is 0 Å². The first-order chi connectivity index (χ1) is 7.37. The monoisotopic (exact) mass is 228 g/mol. The molecule has 1 aliphatic heterocycles. The molecule has 1 rings (SSSR count). The Bertz CT molecular complexity index is 236. The molecule has 0 bridgehead atoms. The standard InChI is InChI=1S/C12H24N2O2/c1-12(2,3)6-10(15)8-13-7-9-4-5-11(16)14-9/h9-10,13,15H,4-8H2,1-3H3,(H,14,16). The third-order valence-corrected chi connectivity index (χ3v) is 2.70. The van der Waals surface area contributed by atoms with Crippen LogP contribution in [0.1, 0.15) is 40.0 Å². The van der Waals surface area contributed by atoms with Gasteiger partial charge < -0.3 is 15.7 Å². The maximum atomic E-state index is 10.9. The average molecular weight is 228 g/mol. The van der Waals surface area contributed by atoms with Gasteiger partial charge in [-0.2, -0.15) is 0 Å². The lowest BCUT2D eigenvalue weighted by Gasteiger charge is -2.23. The average Bonchev–Trinajstić information content (AvgIpc) is 2.48. The number of rotatable bonds is 5. The van der Waals surface area contributed by atoms with Crippen LogP contribution in [0.4, 0.5) is 0 Å². The lowest BCUT2D eigenvalue weighted by molar-refractivity contribution is -0.119. The topological polar surface area (TPSA) is 61.4 Å². The van der Waals surface area contributed by atoms with E-state index in [9.17, 15) is 9.90 Å². The van der Waals surface area contributed by atoms with Crippen LogP contribution in [0.5, 0.6) is 0 Å². The van der Waals surface area contributed by atoms with Gasteiger partial charge in [0, 0.05) is 25.6 Å². The fourth-order valence-electron chi connectivity index (χ4n) is 2.03. The summed E-state index contributed by atoms with van der Waals surface area (Å²) in [6.07, 6.45) is 2.02. The maximum absolute atomic E-state index is 10.9. The van der Waals surface area contributed by atoms with E-state index >= 15 is 0 Å².